The second-order valence-electron chi connectivity index (χ2n) is 3.80. The summed E-state index contributed by atoms with van der Waals surface area (Å²) < 4.78 is 45.9. The van der Waals surface area contributed by atoms with Crippen molar-refractivity contribution in [3.05, 3.63) is 29.8 Å². The fourth-order valence-electron chi connectivity index (χ4n) is 1.35. The third kappa shape index (κ3) is 4.91. The van der Waals surface area contributed by atoms with Gasteiger partial charge in [0.05, 0.1) is 6.61 Å². The normalized spacial score (nSPS) is 11.0. The number of halogens is 3. The van der Waals surface area contributed by atoms with Crippen LogP contribution in [-0.4, -0.2) is 31.1 Å². The van der Waals surface area contributed by atoms with E-state index in [2.05, 4.69) is 9.47 Å². The number of hydrogen-bond acceptors (Lipinski definition) is 4. The fourth-order valence-corrected chi connectivity index (χ4v) is 1.35. The Hall–Kier alpha value is -2.05. The maximum atomic E-state index is 12.6. The van der Waals surface area contributed by atoms with Crippen molar-refractivity contribution in [1.82, 2.24) is 0 Å². The number of Topliss-reactive ketones (excluding diaryl/α,β-unsaturated/α-hetero) is 1. The van der Waals surface area contributed by atoms with Gasteiger partial charge in [-0.25, -0.2) is 4.39 Å². The molecule has 0 radical (unpaired) electrons. The van der Waals surface area contributed by atoms with Gasteiger partial charge in [0.25, 0.3) is 0 Å². The van der Waals surface area contributed by atoms with E-state index in [-0.39, 0.29) is 17.9 Å². The molecule has 0 aliphatic rings. The Labute approximate surface area is 113 Å². The van der Waals surface area contributed by atoms with Crippen LogP contribution >= 0.6 is 0 Å². The van der Waals surface area contributed by atoms with Crippen LogP contribution in [0.3, 0.4) is 0 Å². The quantitative estimate of drug-likeness (QED) is 0.440. The lowest BCUT2D eigenvalue weighted by molar-refractivity contribution is -0.186. The number of hydrogen-bond donors (Lipinski definition) is 0. The van der Waals surface area contributed by atoms with Crippen LogP contribution in [-0.2, 0) is 9.53 Å². The van der Waals surface area contributed by atoms with Gasteiger partial charge in [0.15, 0.2) is 12.5 Å². The van der Waals surface area contributed by atoms with Gasteiger partial charge in [-0.3, -0.25) is 9.59 Å². The van der Waals surface area contributed by atoms with Gasteiger partial charge in [0.1, 0.15) is 12.2 Å². The Balaban J connectivity index is 2.66. The molecule has 0 unspecified atom stereocenters. The van der Waals surface area contributed by atoms with Crippen molar-refractivity contribution in [1.29, 1.82) is 0 Å². The maximum Gasteiger partial charge on any atom is 0.427 e. The van der Waals surface area contributed by atoms with Gasteiger partial charge < -0.3 is 9.47 Å². The molecule has 1 aromatic carbocycles. The highest BCUT2D eigenvalue weighted by molar-refractivity contribution is 6.05. The number of carbonyl (C=O) groups excluding carboxylic acids is 2. The highest BCUT2D eigenvalue weighted by Crippen LogP contribution is 2.22. The zero-order valence-corrected chi connectivity index (χ0v) is 10.7. The summed E-state index contributed by atoms with van der Waals surface area (Å²) in [5.74, 6) is -1.45. The summed E-state index contributed by atoms with van der Waals surface area (Å²) in [5, 5.41) is 0. The van der Waals surface area contributed by atoms with Gasteiger partial charge in [-0.1, -0.05) is 0 Å². The molecule has 0 N–H and O–H groups in total. The van der Waals surface area contributed by atoms with Crippen molar-refractivity contribution >= 4 is 11.8 Å². The predicted octanol–water partition coefficient (Wildman–Crippen LogP) is 2.76. The van der Waals surface area contributed by atoms with Crippen LogP contribution in [0.4, 0.5) is 13.2 Å². The third-order valence-electron chi connectivity index (χ3n) is 2.21. The Bertz CT molecular complexity index is 471. The first-order valence-electron chi connectivity index (χ1n) is 5.79. The molecule has 0 spiro atoms. The summed E-state index contributed by atoms with van der Waals surface area (Å²) in [6, 6.07) is 4.63. The lowest BCUT2D eigenvalue weighted by atomic mass is 10.1. The van der Waals surface area contributed by atoms with Crippen LogP contribution in [0.5, 0.6) is 5.75 Å². The van der Waals surface area contributed by atoms with Crippen LogP contribution in [0.1, 0.15) is 23.7 Å². The number of alkyl halides is 3. The molecule has 0 saturated carbocycles. The highest BCUT2D eigenvalue weighted by Gasteiger charge is 2.31. The summed E-state index contributed by atoms with van der Waals surface area (Å²) in [5.41, 5.74) is 0.147. The van der Waals surface area contributed by atoms with Crippen molar-refractivity contribution in [2.45, 2.75) is 19.5 Å². The van der Waals surface area contributed by atoms with Crippen LogP contribution < -0.4 is 4.74 Å². The van der Waals surface area contributed by atoms with Gasteiger partial charge in [-0.05, 0) is 31.2 Å². The maximum absolute atomic E-state index is 12.6. The molecule has 0 atom stereocenters. The standard InChI is InChI=1S/C13H13F3O4/c1-2-19-12(18)7-11(17)9-3-5-10(6-4-9)20-13(15,16)8-14/h3-6H,2,7-8H2,1H3. The minimum Gasteiger partial charge on any atom is -0.466 e. The molecule has 0 aromatic heterocycles. The first-order valence-corrected chi connectivity index (χ1v) is 5.79. The summed E-state index contributed by atoms with van der Waals surface area (Å²) in [6.07, 6.45) is -4.34. The lowest BCUT2D eigenvalue weighted by Crippen LogP contribution is -2.26. The zero-order chi connectivity index (χ0) is 15.2. The van der Waals surface area contributed by atoms with Crippen molar-refractivity contribution in [3.63, 3.8) is 0 Å². The fraction of sp³-hybridized carbons (Fsp3) is 0.385. The van der Waals surface area contributed by atoms with Gasteiger partial charge in [0, 0.05) is 5.56 Å². The van der Waals surface area contributed by atoms with Gasteiger partial charge in [0.2, 0.25) is 0 Å². The van der Waals surface area contributed by atoms with Crippen molar-refractivity contribution in [2.24, 2.45) is 0 Å². The molecule has 7 heteroatoms. The average molecular weight is 290 g/mol. The first-order chi connectivity index (χ1) is 9.38. The van der Waals surface area contributed by atoms with Crippen molar-refractivity contribution in [2.75, 3.05) is 13.3 Å². The van der Waals surface area contributed by atoms with E-state index in [0.29, 0.717) is 0 Å². The molecule has 1 aromatic rings. The Morgan fingerprint density at radius 1 is 1.20 bits per heavy atom. The minimum absolute atomic E-state index is 0.147. The van der Waals surface area contributed by atoms with E-state index >= 15 is 0 Å². The second-order valence-corrected chi connectivity index (χ2v) is 3.80. The molecule has 0 aliphatic carbocycles. The number of ether oxygens (including phenoxy) is 2. The van der Waals surface area contributed by atoms with Gasteiger partial charge >= 0.3 is 12.1 Å². The first kappa shape index (κ1) is 16.0. The largest absolute Gasteiger partial charge is 0.466 e. The number of ketones is 1. The molecule has 0 heterocycles. The summed E-state index contributed by atoms with van der Waals surface area (Å²) in [7, 11) is 0. The summed E-state index contributed by atoms with van der Waals surface area (Å²) in [4.78, 5) is 22.7. The average Bonchev–Trinajstić information content (AvgIpc) is 2.39. The summed E-state index contributed by atoms with van der Waals surface area (Å²) in [6.45, 7) is -0.173. The molecule has 110 valence electrons. The molecule has 0 saturated heterocycles. The highest BCUT2D eigenvalue weighted by atomic mass is 19.3. The molecule has 4 nitrogen and oxygen atoms in total. The smallest absolute Gasteiger partial charge is 0.427 e. The molecule has 1 rings (SSSR count). The van der Waals surface area contributed by atoms with Crippen LogP contribution in [0.15, 0.2) is 24.3 Å². The van der Waals surface area contributed by atoms with Crippen LogP contribution in [0, 0.1) is 0 Å². The monoisotopic (exact) mass is 290 g/mol. The molecule has 0 fully saturated rings. The van der Waals surface area contributed by atoms with E-state index in [1.165, 1.54) is 12.1 Å². The molecule has 0 bridgehead atoms. The molecule has 0 aliphatic heterocycles. The predicted molar refractivity (Wildman–Crippen MR) is 63.6 cm³/mol. The van der Waals surface area contributed by atoms with Gasteiger partial charge in [-0.2, -0.15) is 8.78 Å². The van der Waals surface area contributed by atoms with E-state index in [1.807, 2.05) is 0 Å². The third-order valence-corrected chi connectivity index (χ3v) is 2.21. The number of benzene rings is 1. The van der Waals surface area contributed by atoms with E-state index in [1.54, 1.807) is 6.92 Å². The topological polar surface area (TPSA) is 52.6 Å². The van der Waals surface area contributed by atoms with E-state index < -0.39 is 31.0 Å². The molecule has 20 heavy (non-hydrogen) atoms. The van der Waals surface area contributed by atoms with E-state index in [4.69, 9.17) is 0 Å². The Morgan fingerprint density at radius 2 is 1.80 bits per heavy atom. The number of esters is 1. The lowest BCUT2D eigenvalue weighted by Gasteiger charge is -2.14. The summed E-state index contributed by atoms with van der Waals surface area (Å²) >= 11 is 0. The minimum atomic E-state index is -3.91. The molecular formula is C13H13F3O4. The van der Waals surface area contributed by atoms with Crippen molar-refractivity contribution < 1.29 is 32.2 Å². The second kappa shape index (κ2) is 6.93. The SMILES string of the molecule is CCOC(=O)CC(=O)c1ccc(OC(F)(F)CF)cc1. The van der Waals surface area contributed by atoms with Crippen LogP contribution in [0.2, 0.25) is 0 Å². The van der Waals surface area contributed by atoms with Crippen LogP contribution in [0.25, 0.3) is 0 Å². The Morgan fingerprint density at radius 3 is 2.30 bits per heavy atom. The number of rotatable bonds is 7. The zero-order valence-electron chi connectivity index (χ0n) is 10.7. The molecular weight excluding hydrogens is 277 g/mol. The number of carbonyl (C=O) groups is 2. The van der Waals surface area contributed by atoms with E-state index in [9.17, 15) is 22.8 Å². The van der Waals surface area contributed by atoms with Crippen molar-refractivity contribution in [3.8, 4) is 5.75 Å². The van der Waals surface area contributed by atoms with Gasteiger partial charge in [-0.15, -0.1) is 0 Å². The molecule has 0 amide bonds. The van der Waals surface area contributed by atoms with E-state index in [0.717, 1.165) is 12.1 Å². The Kier molecular flexibility index (Phi) is 5.54.